The van der Waals surface area contributed by atoms with E-state index >= 15 is 0 Å². The first-order chi connectivity index (χ1) is 13.7. The van der Waals surface area contributed by atoms with Crippen molar-refractivity contribution in [1.82, 2.24) is 4.90 Å². The van der Waals surface area contributed by atoms with Gasteiger partial charge in [0, 0.05) is 30.6 Å². The van der Waals surface area contributed by atoms with Crippen LogP contribution in [0.15, 0.2) is 60.7 Å². The number of carbonyl (C=O) groups excluding carboxylic acids is 1. The Bertz CT molecular complexity index is 980. The number of amides is 1. The summed E-state index contributed by atoms with van der Waals surface area (Å²) in [7, 11) is 0. The number of morpholine rings is 1. The van der Waals surface area contributed by atoms with Crippen LogP contribution in [0.4, 0.5) is 0 Å². The van der Waals surface area contributed by atoms with Gasteiger partial charge in [0.1, 0.15) is 12.4 Å². The lowest BCUT2D eigenvalue weighted by Crippen LogP contribution is -2.38. The van der Waals surface area contributed by atoms with Gasteiger partial charge < -0.3 is 15.2 Å². The molecule has 0 atom stereocenters. The largest absolute Gasteiger partial charge is 0.492 e. The summed E-state index contributed by atoms with van der Waals surface area (Å²) in [4.78, 5) is 13.9. The average Bonchev–Trinajstić information content (AvgIpc) is 2.74. The van der Waals surface area contributed by atoms with Crippen molar-refractivity contribution in [3.05, 3.63) is 66.2 Å². The Kier molecular flexibility index (Phi) is 5.55. The number of nitrogens with two attached hydrogens (primary N) is 1. The Morgan fingerprint density at radius 1 is 1.00 bits per heavy atom. The molecule has 4 rings (SSSR count). The number of hydrogen-bond donors (Lipinski definition) is 1. The molecule has 0 aromatic heterocycles. The molecule has 28 heavy (non-hydrogen) atoms. The van der Waals surface area contributed by atoms with Crippen molar-refractivity contribution < 1.29 is 14.3 Å². The van der Waals surface area contributed by atoms with Crippen molar-refractivity contribution in [2.45, 2.75) is 0 Å². The van der Waals surface area contributed by atoms with E-state index in [4.69, 9.17) is 15.2 Å². The maximum atomic E-state index is 11.5. The van der Waals surface area contributed by atoms with Crippen LogP contribution in [0.5, 0.6) is 5.75 Å². The molecule has 1 heterocycles. The van der Waals surface area contributed by atoms with E-state index in [-0.39, 0.29) is 0 Å². The first-order valence-corrected chi connectivity index (χ1v) is 9.57. The van der Waals surface area contributed by atoms with Crippen LogP contribution in [-0.4, -0.2) is 50.3 Å². The topological polar surface area (TPSA) is 64.8 Å². The fourth-order valence-corrected chi connectivity index (χ4v) is 3.60. The molecule has 1 saturated heterocycles. The minimum atomic E-state index is -0.422. The average molecular weight is 376 g/mol. The third-order valence-electron chi connectivity index (χ3n) is 5.11. The number of benzene rings is 3. The molecule has 0 saturated carbocycles. The summed E-state index contributed by atoms with van der Waals surface area (Å²) in [5, 5.41) is 2.15. The number of fused-ring (bicyclic) bond motifs is 1. The van der Waals surface area contributed by atoms with Crippen LogP contribution in [0.25, 0.3) is 21.9 Å². The van der Waals surface area contributed by atoms with E-state index < -0.39 is 5.91 Å². The fourth-order valence-electron chi connectivity index (χ4n) is 3.60. The highest BCUT2D eigenvalue weighted by Crippen LogP contribution is 2.34. The second-order valence-electron chi connectivity index (χ2n) is 6.90. The normalized spacial score (nSPS) is 14.9. The molecular formula is C23H24N2O3. The van der Waals surface area contributed by atoms with Gasteiger partial charge in [0.05, 0.1) is 13.2 Å². The van der Waals surface area contributed by atoms with Crippen LogP contribution in [0, 0.1) is 0 Å². The minimum absolute atomic E-state index is 0.422. The third-order valence-corrected chi connectivity index (χ3v) is 5.11. The van der Waals surface area contributed by atoms with E-state index in [2.05, 4.69) is 17.0 Å². The summed E-state index contributed by atoms with van der Waals surface area (Å²) in [5.74, 6) is 0.452. The number of hydrogen-bond acceptors (Lipinski definition) is 4. The number of rotatable bonds is 6. The number of ether oxygens (including phenoxy) is 2. The van der Waals surface area contributed by atoms with Crippen LogP contribution in [0.3, 0.4) is 0 Å². The van der Waals surface area contributed by atoms with Crippen molar-refractivity contribution >= 4 is 16.7 Å². The summed E-state index contributed by atoms with van der Waals surface area (Å²) in [6.45, 7) is 5.03. The summed E-state index contributed by atoms with van der Waals surface area (Å²) < 4.78 is 11.5. The van der Waals surface area contributed by atoms with Crippen molar-refractivity contribution in [2.24, 2.45) is 5.73 Å². The lowest BCUT2D eigenvalue weighted by Gasteiger charge is -2.26. The van der Waals surface area contributed by atoms with Gasteiger partial charge in [0.15, 0.2) is 0 Å². The van der Waals surface area contributed by atoms with Gasteiger partial charge in [-0.2, -0.15) is 0 Å². The lowest BCUT2D eigenvalue weighted by molar-refractivity contribution is 0.0323. The minimum Gasteiger partial charge on any atom is -0.492 e. The van der Waals surface area contributed by atoms with Crippen LogP contribution in [0.2, 0.25) is 0 Å². The highest BCUT2D eigenvalue weighted by atomic mass is 16.5. The molecule has 0 bridgehead atoms. The predicted octanol–water partition coefficient (Wildman–Crippen LogP) is 3.32. The molecule has 1 amide bonds. The molecule has 5 heteroatoms. The van der Waals surface area contributed by atoms with E-state index in [1.807, 2.05) is 42.5 Å². The number of carbonyl (C=O) groups is 1. The fraction of sp³-hybridized carbons (Fsp3) is 0.261. The molecule has 1 aliphatic rings. The Morgan fingerprint density at radius 2 is 1.79 bits per heavy atom. The van der Waals surface area contributed by atoms with E-state index in [0.717, 1.165) is 60.5 Å². The second kappa shape index (κ2) is 8.42. The van der Waals surface area contributed by atoms with E-state index in [0.29, 0.717) is 12.2 Å². The first kappa shape index (κ1) is 18.5. The number of primary amides is 1. The second-order valence-corrected chi connectivity index (χ2v) is 6.90. The molecule has 0 aliphatic carbocycles. The molecule has 144 valence electrons. The number of nitrogens with zero attached hydrogens (tertiary/aromatic N) is 1. The van der Waals surface area contributed by atoms with Gasteiger partial charge in [-0.25, -0.2) is 0 Å². The zero-order valence-electron chi connectivity index (χ0n) is 15.8. The third kappa shape index (κ3) is 4.01. The molecule has 3 aromatic rings. The maximum Gasteiger partial charge on any atom is 0.248 e. The Labute approximate surface area is 164 Å². The van der Waals surface area contributed by atoms with Crippen LogP contribution >= 0.6 is 0 Å². The molecular weight excluding hydrogens is 352 g/mol. The molecule has 2 N–H and O–H groups in total. The summed E-state index contributed by atoms with van der Waals surface area (Å²) in [5.41, 5.74) is 7.97. The van der Waals surface area contributed by atoms with Crippen molar-refractivity contribution in [3.8, 4) is 16.9 Å². The van der Waals surface area contributed by atoms with Crippen molar-refractivity contribution in [1.29, 1.82) is 0 Å². The standard InChI is InChI=1S/C23H24N2O3/c24-23(26)18-5-3-4-17(16-18)19-8-9-22(21-7-2-1-6-20(19)21)28-15-12-25-10-13-27-14-11-25/h1-9,16H,10-15H2,(H2,24,26). The molecule has 5 nitrogen and oxygen atoms in total. The zero-order chi connectivity index (χ0) is 19.3. The summed E-state index contributed by atoms with van der Waals surface area (Å²) >= 11 is 0. The highest BCUT2D eigenvalue weighted by Gasteiger charge is 2.12. The van der Waals surface area contributed by atoms with Gasteiger partial charge in [-0.05, 0) is 34.7 Å². The molecule has 1 fully saturated rings. The van der Waals surface area contributed by atoms with E-state index in [1.165, 1.54) is 0 Å². The SMILES string of the molecule is NC(=O)c1cccc(-c2ccc(OCCN3CCOCC3)c3ccccc23)c1. The molecule has 3 aromatic carbocycles. The van der Waals surface area contributed by atoms with Gasteiger partial charge in [-0.3, -0.25) is 9.69 Å². The van der Waals surface area contributed by atoms with Crippen molar-refractivity contribution in [2.75, 3.05) is 39.5 Å². The Hall–Kier alpha value is -2.89. The van der Waals surface area contributed by atoms with E-state index in [9.17, 15) is 4.79 Å². The van der Waals surface area contributed by atoms with E-state index in [1.54, 1.807) is 6.07 Å². The Morgan fingerprint density at radius 3 is 2.57 bits per heavy atom. The first-order valence-electron chi connectivity index (χ1n) is 9.57. The molecule has 0 spiro atoms. The summed E-state index contributed by atoms with van der Waals surface area (Å²) in [6, 6.07) is 19.7. The highest BCUT2D eigenvalue weighted by molar-refractivity contribution is 6.01. The maximum absolute atomic E-state index is 11.5. The smallest absolute Gasteiger partial charge is 0.248 e. The molecule has 1 aliphatic heterocycles. The van der Waals surface area contributed by atoms with Crippen molar-refractivity contribution in [3.63, 3.8) is 0 Å². The van der Waals surface area contributed by atoms with Crippen LogP contribution in [-0.2, 0) is 4.74 Å². The summed E-state index contributed by atoms with van der Waals surface area (Å²) in [6.07, 6.45) is 0. The zero-order valence-corrected chi connectivity index (χ0v) is 15.8. The van der Waals surface area contributed by atoms with Gasteiger partial charge in [-0.15, -0.1) is 0 Å². The van der Waals surface area contributed by atoms with Crippen LogP contribution < -0.4 is 10.5 Å². The Balaban J connectivity index is 1.60. The van der Waals surface area contributed by atoms with Gasteiger partial charge in [0.2, 0.25) is 5.91 Å². The predicted molar refractivity (Wildman–Crippen MR) is 111 cm³/mol. The van der Waals surface area contributed by atoms with Gasteiger partial charge in [-0.1, -0.05) is 42.5 Å². The molecule has 0 unspecified atom stereocenters. The quantitative estimate of drug-likeness (QED) is 0.717. The van der Waals surface area contributed by atoms with Gasteiger partial charge in [0.25, 0.3) is 0 Å². The van der Waals surface area contributed by atoms with Gasteiger partial charge >= 0.3 is 0 Å². The monoisotopic (exact) mass is 376 g/mol. The lowest BCUT2D eigenvalue weighted by atomic mass is 9.96. The van der Waals surface area contributed by atoms with Crippen LogP contribution in [0.1, 0.15) is 10.4 Å². The molecule has 0 radical (unpaired) electrons.